The fourth-order valence-electron chi connectivity index (χ4n) is 6.68. The van der Waals surface area contributed by atoms with E-state index in [9.17, 15) is 9.59 Å². The van der Waals surface area contributed by atoms with Crippen LogP contribution in [0.3, 0.4) is 0 Å². The largest absolute Gasteiger partial charge is 0.465 e. The van der Waals surface area contributed by atoms with Gasteiger partial charge in [-0.1, -0.05) is 156 Å². The van der Waals surface area contributed by atoms with E-state index in [1.54, 1.807) is 0 Å². The molecule has 4 nitrogen and oxygen atoms in total. The minimum absolute atomic E-state index is 0.151. The minimum atomic E-state index is -0.341. The molecule has 40 heavy (non-hydrogen) atoms. The van der Waals surface area contributed by atoms with Gasteiger partial charge in [-0.2, -0.15) is 0 Å². The van der Waals surface area contributed by atoms with Gasteiger partial charge in [0.2, 0.25) is 0 Å². The van der Waals surface area contributed by atoms with Crippen molar-refractivity contribution in [1.29, 1.82) is 0 Å². The van der Waals surface area contributed by atoms with Crippen LogP contribution in [0, 0.1) is 23.7 Å². The van der Waals surface area contributed by atoms with E-state index in [4.69, 9.17) is 9.47 Å². The third-order valence-electron chi connectivity index (χ3n) is 9.39. The van der Waals surface area contributed by atoms with Crippen LogP contribution >= 0.6 is 0 Å². The summed E-state index contributed by atoms with van der Waals surface area (Å²) in [6.07, 6.45) is 29.1. The Labute approximate surface area is 249 Å². The van der Waals surface area contributed by atoms with E-state index < -0.39 is 0 Å². The maximum atomic E-state index is 13.3. The first-order chi connectivity index (χ1) is 19.6. The van der Waals surface area contributed by atoms with Gasteiger partial charge in [-0.3, -0.25) is 9.59 Å². The Morgan fingerprint density at radius 1 is 0.450 bits per heavy atom. The summed E-state index contributed by atoms with van der Waals surface area (Å²) < 4.78 is 11.6. The third-order valence-corrected chi connectivity index (χ3v) is 9.39. The number of carbonyl (C=O) groups excluding carboxylic acids is 2. The van der Waals surface area contributed by atoms with Gasteiger partial charge >= 0.3 is 11.9 Å². The van der Waals surface area contributed by atoms with E-state index >= 15 is 0 Å². The lowest BCUT2D eigenvalue weighted by Crippen LogP contribution is -2.45. The van der Waals surface area contributed by atoms with Crippen molar-refractivity contribution in [2.24, 2.45) is 23.7 Å². The molecule has 0 N–H and O–H groups in total. The molecule has 0 aromatic rings. The first-order valence-corrected chi connectivity index (χ1v) is 17.9. The highest BCUT2D eigenvalue weighted by Crippen LogP contribution is 2.43. The molecule has 0 aromatic heterocycles. The first kappa shape index (κ1) is 37.0. The third kappa shape index (κ3) is 16.4. The standard InChI is InChI=1S/C36H68O4/c1-5-9-11-13-15-17-19-21-23-25-29-39-35(37)33-31(7-3)27-28-32(8-4)34(33)36(38)40-30-26-24-22-20-18-16-14-12-10-6-2/h31-34H,5-30H2,1-4H3. The Balaban J connectivity index is 2.38. The SMILES string of the molecule is CCCCCCCCCCCCOC(=O)C1C(CC)CCC(CC)C1C(=O)OCCCCCCCCCCCC. The van der Waals surface area contributed by atoms with Crippen molar-refractivity contribution >= 4 is 11.9 Å². The summed E-state index contributed by atoms with van der Waals surface area (Å²) in [5, 5.41) is 0. The van der Waals surface area contributed by atoms with Crippen molar-refractivity contribution < 1.29 is 19.1 Å². The predicted octanol–water partition coefficient (Wildman–Crippen LogP) is 11.0. The van der Waals surface area contributed by atoms with Gasteiger partial charge in [-0.25, -0.2) is 0 Å². The molecule has 1 saturated carbocycles. The molecule has 236 valence electrons. The maximum Gasteiger partial charge on any atom is 0.310 e. The van der Waals surface area contributed by atoms with E-state index in [1.807, 2.05) is 0 Å². The van der Waals surface area contributed by atoms with E-state index in [-0.39, 0.29) is 35.6 Å². The number of hydrogen-bond acceptors (Lipinski definition) is 4. The Morgan fingerprint density at radius 3 is 1.00 bits per heavy atom. The second-order valence-electron chi connectivity index (χ2n) is 12.7. The van der Waals surface area contributed by atoms with Crippen LogP contribution in [-0.4, -0.2) is 25.2 Å². The highest BCUT2D eigenvalue weighted by Gasteiger charge is 2.47. The Bertz CT molecular complexity index is 552. The Kier molecular flexibility index (Phi) is 23.7. The maximum absolute atomic E-state index is 13.3. The fourth-order valence-corrected chi connectivity index (χ4v) is 6.68. The summed E-state index contributed by atoms with van der Waals surface area (Å²) in [6, 6.07) is 0. The lowest BCUT2D eigenvalue weighted by molar-refractivity contribution is -0.169. The molecule has 1 rings (SSSR count). The fraction of sp³-hybridized carbons (Fsp3) is 0.944. The monoisotopic (exact) mass is 565 g/mol. The number of ether oxygens (including phenoxy) is 2. The predicted molar refractivity (Wildman–Crippen MR) is 169 cm³/mol. The Morgan fingerprint density at radius 2 is 0.725 bits per heavy atom. The molecule has 1 aliphatic carbocycles. The van der Waals surface area contributed by atoms with Crippen LogP contribution in [0.1, 0.15) is 182 Å². The lowest BCUT2D eigenvalue weighted by atomic mass is 9.65. The summed E-state index contributed by atoms with van der Waals surface area (Å²) in [4.78, 5) is 26.7. The van der Waals surface area contributed by atoms with Gasteiger partial charge in [0.1, 0.15) is 0 Å². The van der Waals surface area contributed by atoms with Gasteiger partial charge in [0.05, 0.1) is 25.0 Å². The molecule has 4 heteroatoms. The van der Waals surface area contributed by atoms with E-state index in [0.29, 0.717) is 13.2 Å². The van der Waals surface area contributed by atoms with Gasteiger partial charge in [-0.05, 0) is 37.5 Å². The molecule has 0 radical (unpaired) electrons. The molecular weight excluding hydrogens is 496 g/mol. The number of carbonyl (C=O) groups is 2. The van der Waals surface area contributed by atoms with Crippen molar-refractivity contribution in [1.82, 2.24) is 0 Å². The van der Waals surface area contributed by atoms with Crippen molar-refractivity contribution in [2.75, 3.05) is 13.2 Å². The molecule has 4 unspecified atom stereocenters. The van der Waals surface area contributed by atoms with E-state index in [1.165, 1.54) is 103 Å². The van der Waals surface area contributed by atoms with Crippen LogP contribution in [0.15, 0.2) is 0 Å². The van der Waals surface area contributed by atoms with Crippen LogP contribution in [0.5, 0.6) is 0 Å². The first-order valence-electron chi connectivity index (χ1n) is 17.9. The van der Waals surface area contributed by atoms with E-state index in [2.05, 4.69) is 27.7 Å². The van der Waals surface area contributed by atoms with Gasteiger partial charge in [0.25, 0.3) is 0 Å². The van der Waals surface area contributed by atoms with Gasteiger partial charge in [0.15, 0.2) is 0 Å². The topological polar surface area (TPSA) is 52.6 Å². The molecule has 0 bridgehead atoms. The van der Waals surface area contributed by atoms with Crippen LogP contribution in [0.25, 0.3) is 0 Å². The average molecular weight is 565 g/mol. The molecule has 1 aliphatic rings. The van der Waals surface area contributed by atoms with Crippen LogP contribution in [0.2, 0.25) is 0 Å². The number of esters is 2. The quantitative estimate of drug-likeness (QED) is 0.0774. The molecule has 0 amide bonds. The van der Waals surface area contributed by atoms with Crippen molar-refractivity contribution in [3.63, 3.8) is 0 Å². The second-order valence-corrected chi connectivity index (χ2v) is 12.7. The molecule has 0 heterocycles. The minimum Gasteiger partial charge on any atom is -0.465 e. The zero-order chi connectivity index (χ0) is 29.3. The summed E-state index contributed by atoms with van der Waals surface area (Å²) >= 11 is 0. The van der Waals surface area contributed by atoms with Gasteiger partial charge in [-0.15, -0.1) is 0 Å². The zero-order valence-electron chi connectivity index (χ0n) is 27.3. The van der Waals surface area contributed by atoms with Crippen LogP contribution < -0.4 is 0 Å². The molecule has 4 atom stereocenters. The molecule has 0 aromatic carbocycles. The number of unbranched alkanes of at least 4 members (excludes halogenated alkanes) is 18. The van der Waals surface area contributed by atoms with Crippen molar-refractivity contribution in [3.8, 4) is 0 Å². The summed E-state index contributed by atoms with van der Waals surface area (Å²) in [7, 11) is 0. The molecule has 0 aliphatic heterocycles. The highest BCUT2D eigenvalue weighted by molar-refractivity contribution is 5.83. The summed E-state index contributed by atoms with van der Waals surface area (Å²) in [5.41, 5.74) is 0. The molecular formula is C36H68O4. The lowest BCUT2D eigenvalue weighted by Gasteiger charge is -2.40. The van der Waals surface area contributed by atoms with E-state index in [0.717, 1.165) is 51.4 Å². The highest BCUT2D eigenvalue weighted by atomic mass is 16.5. The summed E-state index contributed by atoms with van der Waals surface area (Å²) in [6.45, 7) is 9.78. The number of hydrogen-bond donors (Lipinski definition) is 0. The number of rotatable bonds is 26. The van der Waals surface area contributed by atoms with Gasteiger partial charge in [0, 0.05) is 0 Å². The Hall–Kier alpha value is -1.06. The van der Waals surface area contributed by atoms with Crippen LogP contribution in [0.4, 0.5) is 0 Å². The molecule has 1 fully saturated rings. The summed E-state index contributed by atoms with van der Waals surface area (Å²) in [5.74, 6) is -0.543. The second kappa shape index (κ2) is 25.6. The average Bonchev–Trinajstić information content (AvgIpc) is 2.97. The van der Waals surface area contributed by atoms with Crippen molar-refractivity contribution in [2.45, 2.75) is 182 Å². The normalized spacial score (nSPS) is 20.9. The smallest absolute Gasteiger partial charge is 0.310 e. The zero-order valence-corrected chi connectivity index (χ0v) is 27.3. The van der Waals surface area contributed by atoms with Crippen molar-refractivity contribution in [3.05, 3.63) is 0 Å². The van der Waals surface area contributed by atoms with Gasteiger partial charge < -0.3 is 9.47 Å². The molecule has 0 spiro atoms. The van der Waals surface area contributed by atoms with Crippen LogP contribution in [-0.2, 0) is 19.1 Å². The molecule has 0 saturated heterocycles.